The molecule has 0 amide bonds. The largest absolute Gasteiger partial charge is 1.00 e. The summed E-state index contributed by atoms with van der Waals surface area (Å²) >= 11 is 0. The number of hydrogen-bond donors (Lipinski definition) is 0. The highest BCUT2D eigenvalue weighted by Gasteiger charge is 2.03. The van der Waals surface area contributed by atoms with Crippen molar-refractivity contribution in [3.8, 4) is 0 Å². The van der Waals surface area contributed by atoms with E-state index in [2.05, 4.69) is 42.4 Å². The molecule has 0 aromatic carbocycles. The quantitative estimate of drug-likeness (QED) is 0.450. The molecule has 0 aliphatic carbocycles. The summed E-state index contributed by atoms with van der Waals surface area (Å²) in [7, 11) is 2.06. The fourth-order valence-electron chi connectivity index (χ4n) is 0.933. The third-order valence-electron chi connectivity index (χ3n) is 1.74. The molecule has 0 aliphatic heterocycles. The van der Waals surface area contributed by atoms with E-state index in [4.69, 9.17) is 0 Å². The van der Waals surface area contributed by atoms with Crippen molar-refractivity contribution in [2.45, 2.75) is 20.4 Å². The van der Waals surface area contributed by atoms with Gasteiger partial charge in [0.1, 0.15) is 12.4 Å². The molecule has 4 heteroatoms. The van der Waals surface area contributed by atoms with Crippen molar-refractivity contribution < 1.29 is 27.0 Å². The molecular formula is C7H15BrN2O. The van der Waals surface area contributed by atoms with Gasteiger partial charge < -0.3 is 22.5 Å². The first-order valence-electron chi connectivity index (χ1n) is 3.27. The molecule has 0 radical (unpaired) electrons. The summed E-state index contributed by atoms with van der Waals surface area (Å²) in [5.41, 5.74) is 0. The number of hydrogen-bond acceptors (Lipinski definition) is 0. The van der Waals surface area contributed by atoms with Gasteiger partial charge in [-0.3, -0.25) is 0 Å². The minimum absolute atomic E-state index is 0. The van der Waals surface area contributed by atoms with E-state index in [0.717, 1.165) is 6.54 Å². The standard InChI is InChI=1S/C7H13N2.BrH.H2O/c1-4-9-6-5-8(3)7(9)2;;/h5-6H,4H2,1-3H3;1H;1H2/q+1;;/p-1. The number of aromatic nitrogens is 2. The van der Waals surface area contributed by atoms with Crippen LogP contribution in [-0.4, -0.2) is 10.0 Å². The second-order valence-corrected chi connectivity index (χ2v) is 2.24. The van der Waals surface area contributed by atoms with E-state index in [0.29, 0.717) is 0 Å². The fourth-order valence-corrected chi connectivity index (χ4v) is 0.933. The van der Waals surface area contributed by atoms with E-state index in [1.54, 1.807) is 0 Å². The predicted octanol–water partition coefficient (Wildman–Crippen LogP) is -3.18. The molecule has 0 unspecified atom stereocenters. The summed E-state index contributed by atoms with van der Waals surface area (Å²) in [6, 6.07) is 0. The van der Waals surface area contributed by atoms with Crippen molar-refractivity contribution in [2.75, 3.05) is 0 Å². The van der Waals surface area contributed by atoms with Gasteiger partial charge in [0.05, 0.1) is 13.6 Å². The molecule has 0 fully saturated rings. The minimum atomic E-state index is 0. The molecule has 0 aliphatic rings. The van der Waals surface area contributed by atoms with E-state index in [1.165, 1.54) is 5.82 Å². The number of aryl methyl sites for hydroxylation is 2. The van der Waals surface area contributed by atoms with Crippen molar-refractivity contribution in [3.05, 3.63) is 18.2 Å². The van der Waals surface area contributed by atoms with Crippen LogP contribution in [0, 0.1) is 6.92 Å². The lowest BCUT2D eigenvalue weighted by molar-refractivity contribution is -0.677. The van der Waals surface area contributed by atoms with E-state index in [9.17, 15) is 0 Å². The molecule has 0 bridgehead atoms. The van der Waals surface area contributed by atoms with Crippen LogP contribution in [0.15, 0.2) is 12.4 Å². The molecule has 11 heavy (non-hydrogen) atoms. The summed E-state index contributed by atoms with van der Waals surface area (Å²) < 4.78 is 4.32. The Balaban J connectivity index is 0. The lowest BCUT2D eigenvalue weighted by Crippen LogP contribution is -3.00. The van der Waals surface area contributed by atoms with Gasteiger partial charge in [-0.2, -0.15) is 0 Å². The third kappa shape index (κ3) is 2.63. The van der Waals surface area contributed by atoms with Gasteiger partial charge in [0.15, 0.2) is 0 Å². The highest BCUT2D eigenvalue weighted by atomic mass is 79.9. The Hall–Kier alpha value is -0.350. The van der Waals surface area contributed by atoms with E-state index >= 15 is 0 Å². The first kappa shape index (κ1) is 13.3. The van der Waals surface area contributed by atoms with Crippen molar-refractivity contribution in [1.82, 2.24) is 4.57 Å². The van der Waals surface area contributed by atoms with E-state index in [1.807, 2.05) is 0 Å². The van der Waals surface area contributed by atoms with Crippen molar-refractivity contribution in [3.63, 3.8) is 0 Å². The predicted molar refractivity (Wildman–Crippen MR) is 39.6 cm³/mol. The fraction of sp³-hybridized carbons (Fsp3) is 0.571. The van der Waals surface area contributed by atoms with E-state index < -0.39 is 0 Å². The van der Waals surface area contributed by atoms with Crippen LogP contribution in [0.5, 0.6) is 0 Å². The maximum atomic E-state index is 2.21. The van der Waals surface area contributed by atoms with Gasteiger partial charge in [0.25, 0.3) is 5.82 Å². The number of imidazole rings is 1. The molecule has 0 saturated carbocycles. The topological polar surface area (TPSA) is 40.3 Å². The van der Waals surface area contributed by atoms with Crippen LogP contribution < -0.4 is 21.5 Å². The van der Waals surface area contributed by atoms with Gasteiger partial charge in [-0.1, -0.05) is 0 Å². The molecule has 0 atom stereocenters. The SMILES string of the molecule is CCn1cc[n+](C)c1C.O.[Br-]. The Bertz CT molecular complexity index is 210. The molecule has 1 aromatic rings. The summed E-state index contributed by atoms with van der Waals surface area (Å²) in [5, 5.41) is 0. The Morgan fingerprint density at radius 2 is 2.09 bits per heavy atom. The zero-order valence-electron chi connectivity index (χ0n) is 7.13. The Labute approximate surface area is 77.7 Å². The summed E-state index contributed by atoms with van der Waals surface area (Å²) in [5.74, 6) is 1.30. The average molecular weight is 223 g/mol. The van der Waals surface area contributed by atoms with Crippen LogP contribution >= 0.6 is 0 Å². The van der Waals surface area contributed by atoms with Crippen LogP contribution in [0.25, 0.3) is 0 Å². The van der Waals surface area contributed by atoms with Gasteiger partial charge in [0, 0.05) is 6.92 Å². The zero-order valence-corrected chi connectivity index (χ0v) is 8.72. The van der Waals surface area contributed by atoms with Crippen LogP contribution in [0.3, 0.4) is 0 Å². The second-order valence-electron chi connectivity index (χ2n) is 2.24. The van der Waals surface area contributed by atoms with E-state index in [-0.39, 0.29) is 22.5 Å². The minimum Gasteiger partial charge on any atom is -1.00 e. The molecule has 66 valence electrons. The van der Waals surface area contributed by atoms with Crippen LogP contribution in [0.4, 0.5) is 0 Å². The second kappa shape index (κ2) is 5.32. The van der Waals surface area contributed by atoms with Crippen molar-refractivity contribution >= 4 is 0 Å². The highest BCUT2D eigenvalue weighted by molar-refractivity contribution is 4.77. The first-order chi connectivity index (χ1) is 4.25. The smallest absolute Gasteiger partial charge is 0.252 e. The Kier molecular flexibility index (Phi) is 6.41. The van der Waals surface area contributed by atoms with Crippen molar-refractivity contribution in [2.24, 2.45) is 7.05 Å². The third-order valence-corrected chi connectivity index (χ3v) is 1.74. The molecule has 2 N–H and O–H groups in total. The van der Waals surface area contributed by atoms with Crippen LogP contribution in [0.1, 0.15) is 12.7 Å². The average Bonchev–Trinajstić information content (AvgIpc) is 2.15. The lowest BCUT2D eigenvalue weighted by atomic mass is 10.6. The van der Waals surface area contributed by atoms with Crippen LogP contribution in [0.2, 0.25) is 0 Å². The number of halogens is 1. The van der Waals surface area contributed by atoms with Gasteiger partial charge in [0.2, 0.25) is 0 Å². The molecular weight excluding hydrogens is 208 g/mol. The lowest BCUT2D eigenvalue weighted by Gasteiger charge is -1.90. The van der Waals surface area contributed by atoms with Gasteiger partial charge >= 0.3 is 0 Å². The van der Waals surface area contributed by atoms with Crippen molar-refractivity contribution in [1.29, 1.82) is 0 Å². The number of nitrogens with zero attached hydrogens (tertiary/aromatic N) is 2. The van der Waals surface area contributed by atoms with Gasteiger partial charge in [-0.05, 0) is 6.92 Å². The molecule has 3 nitrogen and oxygen atoms in total. The van der Waals surface area contributed by atoms with Crippen LogP contribution in [-0.2, 0) is 13.6 Å². The maximum absolute atomic E-state index is 2.21. The van der Waals surface area contributed by atoms with Gasteiger partial charge in [-0.25, -0.2) is 9.13 Å². The summed E-state index contributed by atoms with van der Waals surface area (Å²) in [4.78, 5) is 0. The zero-order chi connectivity index (χ0) is 6.85. The number of rotatable bonds is 1. The maximum Gasteiger partial charge on any atom is 0.252 e. The molecule has 0 spiro atoms. The summed E-state index contributed by atoms with van der Waals surface area (Å²) in [6.07, 6.45) is 4.16. The monoisotopic (exact) mass is 222 g/mol. The highest BCUT2D eigenvalue weighted by Crippen LogP contribution is 1.89. The molecule has 1 rings (SSSR count). The normalized spacial score (nSPS) is 8.27. The molecule has 0 saturated heterocycles. The molecule has 1 heterocycles. The Morgan fingerprint density at radius 1 is 1.55 bits per heavy atom. The first-order valence-corrected chi connectivity index (χ1v) is 3.27. The summed E-state index contributed by atoms with van der Waals surface area (Å²) in [6.45, 7) is 5.32. The molecule has 1 aromatic heterocycles. The Morgan fingerprint density at radius 3 is 2.27 bits per heavy atom. The van der Waals surface area contributed by atoms with Gasteiger partial charge in [-0.15, -0.1) is 0 Å².